The number of amides is 2. The van der Waals surface area contributed by atoms with Crippen LogP contribution >= 0.6 is 27.7 Å². The van der Waals surface area contributed by atoms with E-state index in [1.165, 1.54) is 6.08 Å². The largest absolute Gasteiger partial charge is 0.481 e. The van der Waals surface area contributed by atoms with Crippen LogP contribution in [0.25, 0.3) is 6.08 Å². The number of thioether (sulfide) groups is 1. The van der Waals surface area contributed by atoms with Crippen molar-refractivity contribution in [1.29, 1.82) is 0 Å². The Kier molecular flexibility index (Phi) is 7.64. The summed E-state index contributed by atoms with van der Waals surface area (Å²) in [5.74, 6) is -2.05. The van der Waals surface area contributed by atoms with Crippen LogP contribution in [0.4, 0.5) is 4.79 Å². The van der Waals surface area contributed by atoms with Gasteiger partial charge in [-0.05, 0) is 42.0 Å². The van der Waals surface area contributed by atoms with Crippen LogP contribution in [-0.2, 0) is 19.1 Å². The Labute approximate surface area is 174 Å². The van der Waals surface area contributed by atoms with Crippen LogP contribution in [0.1, 0.15) is 19.4 Å². The van der Waals surface area contributed by atoms with E-state index >= 15 is 0 Å². The van der Waals surface area contributed by atoms with Crippen molar-refractivity contribution in [3.05, 3.63) is 33.1 Å². The zero-order valence-corrected chi connectivity index (χ0v) is 17.5. The highest BCUT2D eigenvalue weighted by Gasteiger charge is 2.36. The van der Waals surface area contributed by atoms with E-state index in [1.54, 1.807) is 18.2 Å². The van der Waals surface area contributed by atoms with Crippen molar-refractivity contribution in [1.82, 2.24) is 4.90 Å². The highest BCUT2D eigenvalue weighted by molar-refractivity contribution is 9.10. The van der Waals surface area contributed by atoms with Gasteiger partial charge in [-0.25, -0.2) is 4.79 Å². The molecule has 1 aliphatic rings. The first kappa shape index (κ1) is 22.0. The fraction of sp³-hybridized carbons (Fsp3) is 0.333. The van der Waals surface area contributed by atoms with Gasteiger partial charge < -0.3 is 14.6 Å². The second-order valence-corrected chi connectivity index (χ2v) is 8.12. The van der Waals surface area contributed by atoms with E-state index in [-0.39, 0.29) is 23.2 Å². The van der Waals surface area contributed by atoms with Crippen LogP contribution in [0.2, 0.25) is 0 Å². The number of benzene rings is 1. The fourth-order valence-corrected chi connectivity index (χ4v) is 3.32. The van der Waals surface area contributed by atoms with Crippen molar-refractivity contribution in [2.24, 2.45) is 5.92 Å². The Morgan fingerprint density at radius 1 is 1.32 bits per heavy atom. The first-order valence-corrected chi connectivity index (χ1v) is 9.83. The predicted molar refractivity (Wildman–Crippen MR) is 106 cm³/mol. The number of nitrogens with zero attached hydrogens (tertiary/aromatic N) is 1. The monoisotopic (exact) mass is 471 g/mol. The summed E-state index contributed by atoms with van der Waals surface area (Å²) in [6.07, 6.45) is 1.42. The molecule has 10 heteroatoms. The molecule has 1 N–H and O–H groups in total. The third kappa shape index (κ3) is 6.10. The number of hydrogen-bond donors (Lipinski definition) is 1. The van der Waals surface area contributed by atoms with Crippen LogP contribution in [0, 0.1) is 5.92 Å². The second kappa shape index (κ2) is 9.74. The summed E-state index contributed by atoms with van der Waals surface area (Å²) in [5, 5.41) is 8.19. The lowest BCUT2D eigenvalue weighted by Gasteiger charge is -2.12. The molecule has 1 saturated heterocycles. The van der Waals surface area contributed by atoms with Crippen molar-refractivity contribution in [2.45, 2.75) is 13.8 Å². The molecule has 0 spiro atoms. The molecule has 0 unspecified atom stereocenters. The molecule has 1 fully saturated rings. The highest BCUT2D eigenvalue weighted by atomic mass is 79.9. The summed E-state index contributed by atoms with van der Waals surface area (Å²) in [6.45, 7) is 2.94. The van der Waals surface area contributed by atoms with E-state index in [4.69, 9.17) is 14.6 Å². The minimum absolute atomic E-state index is 0.0972. The molecule has 0 bridgehead atoms. The Morgan fingerprint density at radius 3 is 2.68 bits per heavy atom. The summed E-state index contributed by atoms with van der Waals surface area (Å²) in [4.78, 5) is 48.1. The topological polar surface area (TPSA) is 110 Å². The number of carboxylic acid groups (broad SMARTS) is 1. The number of halogens is 1. The summed E-state index contributed by atoms with van der Waals surface area (Å²) < 4.78 is 10.9. The van der Waals surface area contributed by atoms with Crippen LogP contribution < -0.4 is 4.74 Å². The molecular weight excluding hydrogens is 454 g/mol. The molecule has 1 aromatic rings. The van der Waals surface area contributed by atoms with Crippen molar-refractivity contribution in [3.63, 3.8) is 0 Å². The summed E-state index contributed by atoms with van der Waals surface area (Å²) in [7, 11) is 0. The molecule has 1 aromatic carbocycles. The highest BCUT2D eigenvalue weighted by Crippen LogP contribution is 2.34. The molecule has 0 radical (unpaired) electrons. The number of hydrogen-bond acceptors (Lipinski definition) is 7. The average Bonchev–Trinajstić information content (AvgIpc) is 2.86. The molecule has 1 aliphatic heterocycles. The maximum atomic E-state index is 12.5. The molecule has 0 atom stereocenters. The number of ether oxygens (including phenoxy) is 2. The molecule has 150 valence electrons. The summed E-state index contributed by atoms with van der Waals surface area (Å²) >= 11 is 3.98. The van der Waals surface area contributed by atoms with E-state index in [1.807, 2.05) is 13.8 Å². The van der Waals surface area contributed by atoms with Gasteiger partial charge in [0.2, 0.25) is 0 Å². The second-order valence-electron chi connectivity index (χ2n) is 6.21. The van der Waals surface area contributed by atoms with Gasteiger partial charge in [-0.3, -0.25) is 19.3 Å². The lowest BCUT2D eigenvalue weighted by molar-refractivity contribution is -0.147. The van der Waals surface area contributed by atoms with Crippen LogP contribution in [0.15, 0.2) is 27.6 Å². The number of rotatable bonds is 8. The Hall–Kier alpha value is -2.33. The van der Waals surface area contributed by atoms with E-state index in [2.05, 4.69) is 15.9 Å². The van der Waals surface area contributed by atoms with Gasteiger partial charge in [0.25, 0.3) is 11.1 Å². The Bertz CT molecular complexity index is 837. The fourth-order valence-electron chi connectivity index (χ4n) is 2.11. The zero-order valence-electron chi connectivity index (χ0n) is 15.1. The van der Waals surface area contributed by atoms with Gasteiger partial charge in [-0.1, -0.05) is 29.8 Å². The van der Waals surface area contributed by atoms with Crippen LogP contribution in [0.5, 0.6) is 5.75 Å². The number of imide groups is 1. The van der Waals surface area contributed by atoms with E-state index in [9.17, 15) is 19.2 Å². The first-order valence-electron chi connectivity index (χ1n) is 8.22. The van der Waals surface area contributed by atoms with Gasteiger partial charge in [0.1, 0.15) is 12.3 Å². The number of carbonyl (C=O) groups excluding carboxylic acids is 3. The smallest absolute Gasteiger partial charge is 0.341 e. The zero-order chi connectivity index (χ0) is 20.8. The van der Waals surface area contributed by atoms with Crippen LogP contribution in [-0.4, -0.2) is 52.8 Å². The van der Waals surface area contributed by atoms with Gasteiger partial charge in [0, 0.05) is 10.0 Å². The maximum absolute atomic E-state index is 12.5. The van der Waals surface area contributed by atoms with E-state index in [0.29, 0.717) is 21.8 Å². The van der Waals surface area contributed by atoms with Gasteiger partial charge in [-0.2, -0.15) is 0 Å². The van der Waals surface area contributed by atoms with Crippen molar-refractivity contribution in [2.75, 3.05) is 19.8 Å². The number of aliphatic carboxylic acids is 1. The van der Waals surface area contributed by atoms with Gasteiger partial charge >= 0.3 is 11.9 Å². The Balaban J connectivity index is 2.18. The lowest BCUT2D eigenvalue weighted by atomic mass is 10.2. The number of esters is 1. The molecule has 2 amide bonds. The number of carboxylic acids is 1. The third-order valence-corrected chi connectivity index (χ3v) is 4.75. The average molecular weight is 472 g/mol. The van der Waals surface area contributed by atoms with Gasteiger partial charge in [0.05, 0.1) is 11.5 Å². The summed E-state index contributed by atoms with van der Waals surface area (Å²) in [5.41, 5.74) is 0.420. The van der Waals surface area contributed by atoms with Gasteiger partial charge in [0.15, 0.2) is 6.61 Å². The lowest BCUT2D eigenvalue weighted by Crippen LogP contribution is -2.34. The Morgan fingerprint density at radius 2 is 2.04 bits per heavy atom. The minimum Gasteiger partial charge on any atom is -0.481 e. The van der Waals surface area contributed by atoms with E-state index in [0.717, 1.165) is 4.90 Å². The standard InChI is InChI=1S/C18H18BrNO7S/c1-10(2)8-27-16(23)7-20-17(24)14(28-18(20)25)6-11-5-12(19)3-4-13(11)26-9-15(21)22/h3-6,10H,7-9H2,1-2H3,(H,21,22)/b14-6+. The molecular formula is C18H18BrNO7S. The minimum atomic E-state index is -1.14. The maximum Gasteiger partial charge on any atom is 0.341 e. The van der Waals surface area contributed by atoms with Crippen molar-refractivity contribution < 1.29 is 33.8 Å². The molecule has 0 saturated carbocycles. The summed E-state index contributed by atoms with van der Waals surface area (Å²) in [6, 6.07) is 4.83. The van der Waals surface area contributed by atoms with Crippen molar-refractivity contribution in [3.8, 4) is 5.75 Å². The van der Waals surface area contributed by atoms with Crippen LogP contribution in [0.3, 0.4) is 0 Å². The molecule has 0 aromatic heterocycles. The van der Waals surface area contributed by atoms with E-state index < -0.39 is 36.2 Å². The normalized spacial score (nSPS) is 15.4. The molecule has 28 heavy (non-hydrogen) atoms. The molecule has 8 nitrogen and oxygen atoms in total. The van der Waals surface area contributed by atoms with Crippen molar-refractivity contribution >= 4 is 56.9 Å². The SMILES string of the molecule is CC(C)COC(=O)CN1C(=O)S/C(=C/c2cc(Br)ccc2OCC(=O)O)C1=O. The molecule has 1 heterocycles. The number of carbonyl (C=O) groups is 4. The quantitative estimate of drug-likeness (QED) is 0.454. The molecule has 0 aliphatic carbocycles. The van der Waals surface area contributed by atoms with Gasteiger partial charge in [-0.15, -0.1) is 0 Å². The third-order valence-electron chi connectivity index (χ3n) is 3.35. The molecule has 2 rings (SSSR count). The predicted octanol–water partition coefficient (Wildman–Crippen LogP) is 3.15. The first-order chi connectivity index (χ1) is 13.2.